The van der Waals surface area contributed by atoms with E-state index in [1.807, 2.05) is 0 Å². The average molecular weight is 338 g/mol. The molecular weight excluding hydrogens is 314 g/mol. The maximum absolute atomic E-state index is 5.89. The summed E-state index contributed by atoms with van der Waals surface area (Å²) in [6.45, 7) is 1.96. The number of hydrogen-bond acceptors (Lipinski definition) is 2. The van der Waals surface area contributed by atoms with E-state index in [9.17, 15) is 0 Å². The second-order valence-electron chi connectivity index (χ2n) is 6.22. The topological polar surface area (TPSA) is 21.3 Å². The van der Waals surface area contributed by atoms with Crippen LogP contribution in [0.5, 0.6) is 5.75 Å². The number of ether oxygens (including phenoxy) is 1. The van der Waals surface area contributed by atoms with Gasteiger partial charge >= 0.3 is 0 Å². The molecule has 1 atom stereocenters. The van der Waals surface area contributed by atoms with Gasteiger partial charge in [-0.3, -0.25) is 0 Å². The van der Waals surface area contributed by atoms with Crippen LogP contribution in [0.2, 0.25) is 0 Å². The van der Waals surface area contributed by atoms with Crippen LogP contribution in [0, 0.1) is 11.8 Å². The van der Waals surface area contributed by atoms with Gasteiger partial charge in [-0.25, -0.2) is 0 Å². The molecule has 1 aromatic carbocycles. The van der Waals surface area contributed by atoms with E-state index in [1.54, 1.807) is 0 Å². The molecule has 1 aromatic rings. The Morgan fingerprint density at radius 2 is 2.15 bits per heavy atom. The minimum atomic E-state index is 0.741. The van der Waals surface area contributed by atoms with E-state index in [1.165, 1.54) is 47.0 Å². The Balaban J connectivity index is 1.81. The fourth-order valence-electron chi connectivity index (χ4n) is 3.88. The van der Waals surface area contributed by atoms with Gasteiger partial charge in [0.15, 0.2) is 0 Å². The second kappa shape index (κ2) is 6.48. The third-order valence-corrected chi connectivity index (χ3v) is 5.30. The van der Waals surface area contributed by atoms with E-state index in [0.717, 1.165) is 37.8 Å². The highest BCUT2D eigenvalue weighted by atomic mass is 79.9. The van der Waals surface area contributed by atoms with Crippen molar-refractivity contribution in [3.05, 3.63) is 27.7 Å². The summed E-state index contributed by atoms with van der Waals surface area (Å²) in [6.07, 6.45) is 7.85. The fourth-order valence-corrected chi connectivity index (χ4v) is 4.43. The third-order valence-electron chi connectivity index (χ3n) is 4.84. The summed E-state index contributed by atoms with van der Waals surface area (Å²) in [7, 11) is 2.07. The van der Waals surface area contributed by atoms with E-state index < -0.39 is 0 Å². The molecule has 0 spiro atoms. The van der Waals surface area contributed by atoms with Crippen LogP contribution in [0.4, 0.5) is 0 Å². The Labute approximate surface area is 130 Å². The van der Waals surface area contributed by atoms with Crippen LogP contribution in [0.3, 0.4) is 0 Å². The molecule has 1 aliphatic carbocycles. The second-order valence-corrected chi connectivity index (χ2v) is 7.13. The number of halogens is 1. The largest absolute Gasteiger partial charge is 0.493 e. The number of rotatable bonds is 5. The lowest BCUT2D eigenvalue weighted by atomic mass is 9.85. The molecule has 1 N–H and O–H groups in total. The monoisotopic (exact) mass is 337 g/mol. The third kappa shape index (κ3) is 3.04. The standard InChI is InChI=1S/C17H24BrNO/c1-19-11-15(12-4-2-3-5-12)8-14-10-16(18)9-13-6-7-20-17(13)14/h9-10,12,15,19H,2-8,11H2,1H3. The van der Waals surface area contributed by atoms with Crippen molar-refractivity contribution in [2.75, 3.05) is 20.2 Å². The smallest absolute Gasteiger partial charge is 0.125 e. The van der Waals surface area contributed by atoms with E-state index in [4.69, 9.17) is 4.74 Å². The van der Waals surface area contributed by atoms with E-state index in [2.05, 4.69) is 40.4 Å². The van der Waals surface area contributed by atoms with Crippen LogP contribution in [-0.2, 0) is 12.8 Å². The zero-order chi connectivity index (χ0) is 13.9. The highest BCUT2D eigenvalue weighted by Gasteiger charge is 2.27. The summed E-state index contributed by atoms with van der Waals surface area (Å²) < 4.78 is 7.09. The molecule has 0 amide bonds. The van der Waals surface area contributed by atoms with Crippen molar-refractivity contribution in [2.24, 2.45) is 11.8 Å². The summed E-state index contributed by atoms with van der Waals surface area (Å²) in [6, 6.07) is 4.48. The Kier molecular flexibility index (Phi) is 4.67. The van der Waals surface area contributed by atoms with Gasteiger partial charge in [-0.1, -0.05) is 41.6 Å². The predicted molar refractivity (Wildman–Crippen MR) is 86.4 cm³/mol. The van der Waals surface area contributed by atoms with Crippen molar-refractivity contribution < 1.29 is 4.74 Å². The molecule has 1 heterocycles. The van der Waals surface area contributed by atoms with Gasteiger partial charge in [-0.15, -0.1) is 0 Å². The Morgan fingerprint density at radius 3 is 2.90 bits per heavy atom. The van der Waals surface area contributed by atoms with Gasteiger partial charge in [-0.2, -0.15) is 0 Å². The maximum Gasteiger partial charge on any atom is 0.125 e. The van der Waals surface area contributed by atoms with Crippen LogP contribution in [0.1, 0.15) is 36.8 Å². The Bertz CT molecular complexity index is 468. The van der Waals surface area contributed by atoms with Crippen molar-refractivity contribution in [3.8, 4) is 5.75 Å². The quantitative estimate of drug-likeness (QED) is 0.878. The van der Waals surface area contributed by atoms with Gasteiger partial charge in [0, 0.05) is 10.9 Å². The van der Waals surface area contributed by atoms with Crippen LogP contribution >= 0.6 is 15.9 Å². The number of hydrogen-bond donors (Lipinski definition) is 1. The summed E-state index contributed by atoms with van der Waals surface area (Å²) >= 11 is 3.66. The summed E-state index contributed by atoms with van der Waals surface area (Å²) in [5.41, 5.74) is 2.78. The van der Waals surface area contributed by atoms with Gasteiger partial charge in [0.1, 0.15) is 5.75 Å². The Hall–Kier alpha value is -0.540. The molecule has 0 radical (unpaired) electrons. The minimum Gasteiger partial charge on any atom is -0.493 e. The fraction of sp³-hybridized carbons (Fsp3) is 0.647. The van der Waals surface area contributed by atoms with Crippen molar-refractivity contribution in [3.63, 3.8) is 0 Å². The predicted octanol–water partition coefficient (Wildman–Crippen LogP) is 3.95. The van der Waals surface area contributed by atoms with Crippen molar-refractivity contribution in [1.29, 1.82) is 0 Å². The lowest BCUT2D eigenvalue weighted by molar-refractivity contribution is 0.317. The van der Waals surface area contributed by atoms with Crippen molar-refractivity contribution >= 4 is 15.9 Å². The molecule has 2 nitrogen and oxygen atoms in total. The lowest BCUT2D eigenvalue weighted by Gasteiger charge is -2.24. The molecule has 0 aromatic heterocycles. The first-order valence-corrected chi connectivity index (χ1v) is 8.66. The summed E-state index contributed by atoms with van der Waals surface area (Å²) in [4.78, 5) is 0. The first kappa shape index (κ1) is 14.4. The first-order valence-electron chi connectivity index (χ1n) is 7.86. The molecule has 0 bridgehead atoms. The molecule has 110 valence electrons. The molecule has 1 unspecified atom stereocenters. The molecular formula is C17H24BrNO. The summed E-state index contributed by atoms with van der Waals surface area (Å²) in [5.74, 6) is 2.80. The van der Waals surface area contributed by atoms with Crippen LogP contribution < -0.4 is 10.1 Å². The first-order chi connectivity index (χ1) is 9.78. The molecule has 1 aliphatic heterocycles. The van der Waals surface area contributed by atoms with Crippen molar-refractivity contribution in [2.45, 2.75) is 38.5 Å². The number of fused-ring (bicyclic) bond motifs is 1. The zero-order valence-electron chi connectivity index (χ0n) is 12.3. The number of benzene rings is 1. The minimum absolute atomic E-state index is 0.741. The molecule has 1 saturated carbocycles. The lowest BCUT2D eigenvalue weighted by Crippen LogP contribution is -2.26. The van der Waals surface area contributed by atoms with E-state index in [-0.39, 0.29) is 0 Å². The van der Waals surface area contributed by atoms with Gasteiger partial charge < -0.3 is 10.1 Å². The van der Waals surface area contributed by atoms with Gasteiger partial charge in [-0.05, 0) is 55.1 Å². The van der Waals surface area contributed by atoms with Gasteiger partial charge in [0.05, 0.1) is 6.61 Å². The average Bonchev–Trinajstić information content (AvgIpc) is 3.08. The highest BCUT2D eigenvalue weighted by molar-refractivity contribution is 9.10. The Morgan fingerprint density at radius 1 is 1.35 bits per heavy atom. The molecule has 2 aliphatic rings. The molecule has 1 fully saturated rings. The molecule has 0 saturated heterocycles. The van der Waals surface area contributed by atoms with Crippen LogP contribution in [0.15, 0.2) is 16.6 Å². The highest BCUT2D eigenvalue weighted by Crippen LogP contribution is 2.38. The van der Waals surface area contributed by atoms with Crippen LogP contribution in [0.25, 0.3) is 0 Å². The van der Waals surface area contributed by atoms with E-state index >= 15 is 0 Å². The summed E-state index contributed by atoms with van der Waals surface area (Å²) in [5, 5.41) is 3.39. The van der Waals surface area contributed by atoms with Gasteiger partial charge in [0.25, 0.3) is 0 Å². The molecule has 3 heteroatoms. The number of nitrogens with one attached hydrogen (secondary N) is 1. The van der Waals surface area contributed by atoms with Crippen LogP contribution in [-0.4, -0.2) is 20.2 Å². The van der Waals surface area contributed by atoms with E-state index in [0.29, 0.717) is 0 Å². The normalized spacial score (nSPS) is 19.9. The maximum atomic E-state index is 5.89. The SMILES string of the molecule is CNCC(Cc1cc(Br)cc2c1OCC2)C1CCCC1. The molecule has 20 heavy (non-hydrogen) atoms. The van der Waals surface area contributed by atoms with Crippen molar-refractivity contribution in [1.82, 2.24) is 5.32 Å². The zero-order valence-corrected chi connectivity index (χ0v) is 13.8. The molecule has 3 rings (SSSR count). The van der Waals surface area contributed by atoms with Gasteiger partial charge in [0.2, 0.25) is 0 Å².